The van der Waals surface area contributed by atoms with Crippen molar-refractivity contribution in [1.29, 1.82) is 0 Å². The highest BCUT2D eigenvalue weighted by atomic mass is 16.6. The molecule has 1 saturated carbocycles. The van der Waals surface area contributed by atoms with Gasteiger partial charge in [-0.3, -0.25) is 0 Å². The van der Waals surface area contributed by atoms with Crippen molar-refractivity contribution in [3.05, 3.63) is 0 Å². The highest BCUT2D eigenvalue weighted by Crippen LogP contribution is 2.28. The van der Waals surface area contributed by atoms with Gasteiger partial charge in [-0.2, -0.15) is 0 Å². The SMILES string of the molecule is CC(CCC1OC1C)COCC1CCC(O)CC1. The molecule has 0 amide bonds. The van der Waals surface area contributed by atoms with Gasteiger partial charge < -0.3 is 14.6 Å². The minimum Gasteiger partial charge on any atom is -0.393 e. The minimum absolute atomic E-state index is 0.0549. The van der Waals surface area contributed by atoms with Crippen LogP contribution in [0.5, 0.6) is 0 Å². The van der Waals surface area contributed by atoms with Crippen molar-refractivity contribution in [2.75, 3.05) is 13.2 Å². The van der Waals surface area contributed by atoms with E-state index in [1.54, 1.807) is 0 Å². The second kappa shape index (κ2) is 6.88. The van der Waals surface area contributed by atoms with Gasteiger partial charge in [-0.25, -0.2) is 0 Å². The lowest BCUT2D eigenvalue weighted by Gasteiger charge is -2.25. The van der Waals surface area contributed by atoms with Gasteiger partial charge in [-0.05, 0) is 57.3 Å². The molecule has 0 spiro atoms. The van der Waals surface area contributed by atoms with Crippen LogP contribution in [0.3, 0.4) is 0 Å². The summed E-state index contributed by atoms with van der Waals surface area (Å²) in [6, 6.07) is 0. The molecule has 0 radical (unpaired) electrons. The van der Waals surface area contributed by atoms with Crippen molar-refractivity contribution >= 4 is 0 Å². The van der Waals surface area contributed by atoms with Gasteiger partial charge in [0.05, 0.1) is 18.3 Å². The quantitative estimate of drug-likeness (QED) is 0.712. The van der Waals surface area contributed by atoms with Crippen LogP contribution in [0.1, 0.15) is 52.4 Å². The van der Waals surface area contributed by atoms with Crippen LogP contribution in [-0.4, -0.2) is 36.6 Å². The molecule has 3 heteroatoms. The summed E-state index contributed by atoms with van der Waals surface area (Å²) in [4.78, 5) is 0. The maximum Gasteiger partial charge on any atom is 0.0839 e. The van der Waals surface area contributed by atoms with Crippen LogP contribution < -0.4 is 0 Å². The highest BCUT2D eigenvalue weighted by Gasteiger charge is 2.33. The molecular formula is C15H28O3. The number of epoxide rings is 1. The molecule has 2 rings (SSSR count). The Bertz CT molecular complexity index is 236. The Morgan fingerprint density at radius 1 is 1.28 bits per heavy atom. The lowest BCUT2D eigenvalue weighted by molar-refractivity contribution is 0.0378. The molecule has 2 aliphatic rings. The Morgan fingerprint density at radius 3 is 2.56 bits per heavy atom. The van der Waals surface area contributed by atoms with Crippen LogP contribution in [0.4, 0.5) is 0 Å². The molecule has 0 aromatic heterocycles. The van der Waals surface area contributed by atoms with Gasteiger partial charge in [0.15, 0.2) is 0 Å². The third-order valence-corrected chi connectivity index (χ3v) is 4.35. The first-order valence-electron chi connectivity index (χ1n) is 7.56. The second-order valence-corrected chi connectivity index (χ2v) is 6.27. The third kappa shape index (κ3) is 4.87. The van der Waals surface area contributed by atoms with E-state index in [1.807, 2.05) is 0 Å². The molecule has 1 N–H and O–H groups in total. The van der Waals surface area contributed by atoms with E-state index in [9.17, 15) is 5.11 Å². The predicted molar refractivity (Wildman–Crippen MR) is 71.5 cm³/mol. The van der Waals surface area contributed by atoms with Gasteiger partial charge in [0.2, 0.25) is 0 Å². The zero-order valence-corrected chi connectivity index (χ0v) is 11.8. The first-order valence-corrected chi connectivity index (χ1v) is 7.56. The molecule has 1 aliphatic carbocycles. The number of aliphatic hydroxyl groups is 1. The molecule has 1 heterocycles. The van der Waals surface area contributed by atoms with Crippen LogP contribution >= 0.6 is 0 Å². The predicted octanol–water partition coefficient (Wildman–Crippen LogP) is 2.76. The lowest BCUT2D eigenvalue weighted by atomic mass is 9.88. The summed E-state index contributed by atoms with van der Waals surface area (Å²) >= 11 is 0. The summed E-state index contributed by atoms with van der Waals surface area (Å²) in [7, 11) is 0. The largest absolute Gasteiger partial charge is 0.393 e. The van der Waals surface area contributed by atoms with Crippen molar-refractivity contribution in [3.63, 3.8) is 0 Å². The topological polar surface area (TPSA) is 42.0 Å². The van der Waals surface area contributed by atoms with E-state index in [0.29, 0.717) is 24.0 Å². The molecule has 106 valence electrons. The van der Waals surface area contributed by atoms with Crippen molar-refractivity contribution in [1.82, 2.24) is 0 Å². The highest BCUT2D eigenvalue weighted by molar-refractivity contribution is 4.80. The number of aliphatic hydroxyl groups excluding tert-OH is 1. The standard InChI is InChI=1S/C15H28O3/c1-11(3-8-15-12(2)18-15)9-17-10-13-4-6-14(16)7-5-13/h11-16H,3-10H2,1-2H3. The van der Waals surface area contributed by atoms with E-state index >= 15 is 0 Å². The Labute approximate surface area is 111 Å². The molecular weight excluding hydrogens is 228 g/mol. The fourth-order valence-electron chi connectivity index (χ4n) is 2.81. The van der Waals surface area contributed by atoms with Crippen LogP contribution in [-0.2, 0) is 9.47 Å². The molecule has 3 unspecified atom stereocenters. The summed E-state index contributed by atoms with van der Waals surface area (Å²) in [5, 5.41) is 9.44. The molecule has 0 bridgehead atoms. The first-order chi connectivity index (χ1) is 8.65. The third-order valence-electron chi connectivity index (χ3n) is 4.35. The van der Waals surface area contributed by atoms with Crippen molar-refractivity contribution in [2.45, 2.75) is 70.7 Å². The zero-order valence-electron chi connectivity index (χ0n) is 11.8. The number of rotatable bonds is 7. The molecule has 3 atom stereocenters. The minimum atomic E-state index is -0.0549. The lowest BCUT2D eigenvalue weighted by Crippen LogP contribution is -2.22. The molecule has 3 nitrogen and oxygen atoms in total. The van der Waals surface area contributed by atoms with Crippen molar-refractivity contribution < 1.29 is 14.6 Å². The molecule has 0 aromatic rings. The number of hydrogen-bond donors (Lipinski definition) is 1. The summed E-state index contributed by atoms with van der Waals surface area (Å²) < 4.78 is 11.2. The van der Waals surface area contributed by atoms with Gasteiger partial charge in [0.1, 0.15) is 0 Å². The average molecular weight is 256 g/mol. The Balaban J connectivity index is 1.46. The van der Waals surface area contributed by atoms with E-state index in [0.717, 1.165) is 38.9 Å². The van der Waals surface area contributed by atoms with Gasteiger partial charge in [0.25, 0.3) is 0 Å². The normalized spacial score (nSPS) is 37.5. The Kier molecular flexibility index (Phi) is 5.46. The van der Waals surface area contributed by atoms with E-state index in [2.05, 4.69) is 13.8 Å². The summed E-state index contributed by atoms with van der Waals surface area (Å²) in [6.45, 7) is 6.16. The Hall–Kier alpha value is -0.120. The zero-order chi connectivity index (χ0) is 13.0. The van der Waals surface area contributed by atoms with Crippen LogP contribution in [0.25, 0.3) is 0 Å². The summed E-state index contributed by atoms with van der Waals surface area (Å²) in [5.74, 6) is 1.31. The molecule has 18 heavy (non-hydrogen) atoms. The average Bonchev–Trinajstić information content (AvgIpc) is 3.05. The molecule has 0 aromatic carbocycles. The van der Waals surface area contributed by atoms with Crippen LogP contribution in [0.15, 0.2) is 0 Å². The maximum absolute atomic E-state index is 9.44. The summed E-state index contributed by atoms with van der Waals surface area (Å²) in [5.41, 5.74) is 0. The maximum atomic E-state index is 9.44. The number of ether oxygens (including phenoxy) is 2. The first kappa shape index (κ1) is 14.3. The molecule has 1 aliphatic heterocycles. The van der Waals surface area contributed by atoms with E-state index in [-0.39, 0.29) is 6.10 Å². The fourth-order valence-corrected chi connectivity index (χ4v) is 2.81. The van der Waals surface area contributed by atoms with Gasteiger partial charge in [0, 0.05) is 13.2 Å². The second-order valence-electron chi connectivity index (χ2n) is 6.27. The van der Waals surface area contributed by atoms with Gasteiger partial charge in [-0.1, -0.05) is 6.92 Å². The Morgan fingerprint density at radius 2 is 1.94 bits per heavy atom. The fraction of sp³-hybridized carbons (Fsp3) is 1.00. The van der Waals surface area contributed by atoms with Crippen molar-refractivity contribution in [3.8, 4) is 0 Å². The monoisotopic (exact) mass is 256 g/mol. The molecule has 1 saturated heterocycles. The van der Waals surface area contributed by atoms with E-state index in [4.69, 9.17) is 9.47 Å². The van der Waals surface area contributed by atoms with Crippen LogP contribution in [0.2, 0.25) is 0 Å². The number of hydrogen-bond acceptors (Lipinski definition) is 3. The van der Waals surface area contributed by atoms with E-state index in [1.165, 1.54) is 12.8 Å². The van der Waals surface area contributed by atoms with Gasteiger partial charge in [-0.15, -0.1) is 0 Å². The molecule has 2 fully saturated rings. The smallest absolute Gasteiger partial charge is 0.0839 e. The summed E-state index contributed by atoms with van der Waals surface area (Å²) in [6.07, 6.45) is 7.52. The van der Waals surface area contributed by atoms with E-state index < -0.39 is 0 Å². The van der Waals surface area contributed by atoms with Crippen LogP contribution in [0, 0.1) is 11.8 Å². The van der Waals surface area contributed by atoms with Gasteiger partial charge >= 0.3 is 0 Å². The van der Waals surface area contributed by atoms with Crippen molar-refractivity contribution in [2.24, 2.45) is 11.8 Å².